The minimum atomic E-state index is -0.714. The van der Waals surface area contributed by atoms with E-state index in [1.807, 2.05) is 6.92 Å². The maximum atomic E-state index is 11.0. The lowest BCUT2D eigenvalue weighted by molar-refractivity contribution is -0.386. The van der Waals surface area contributed by atoms with Crippen LogP contribution in [0.15, 0.2) is 16.9 Å². The van der Waals surface area contributed by atoms with Crippen LogP contribution in [0.3, 0.4) is 0 Å². The van der Waals surface area contributed by atoms with Crippen LogP contribution in [0.2, 0.25) is 0 Å². The Morgan fingerprint density at radius 2 is 2.31 bits per heavy atom. The number of aromatic amines is 1. The van der Waals surface area contributed by atoms with Crippen LogP contribution in [0.25, 0.3) is 0 Å². The number of pyridine rings is 1. The normalized spacial score (nSPS) is 9.62. The van der Waals surface area contributed by atoms with Gasteiger partial charge in [-0.05, 0) is 13.0 Å². The molecule has 1 aromatic rings. The van der Waals surface area contributed by atoms with Gasteiger partial charge in [0.15, 0.2) is 0 Å². The Balaban J connectivity index is 3.06. The first kappa shape index (κ1) is 9.24. The van der Waals surface area contributed by atoms with E-state index in [1.165, 1.54) is 12.1 Å². The van der Waals surface area contributed by atoms with Crippen molar-refractivity contribution in [1.29, 1.82) is 0 Å². The smallest absolute Gasteiger partial charge is 0.334 e. The van der Waals surface area contributed by atoms with Gasteiger partial charge in [-0.1, -0.05) is 0 Å². The summed E-state index contributed by atoms with van der Waals surface area (Å²) in [5.74, 6) is 0.484. The lowest BCUT2D eigenvalue weighted by atomic mass is 10.4. The van der Waals surface area contributed by atoms with Crippen molar-refractivity contribution in [1.82, 2.24) is 4.98 Å². The van der Waals surface area contributed by atoms with E-state index in [0.29, 0.717) is 12.4 Å². The van der Waals surface area contributed by atoms with Gasteiger partial charge >= 0.3 is 11.2 Å². The molecule has 0 fully saturated rings. The molecule has 0 bridgehead atoms. The van der Waals surface area contributed by atoms with Crippen molar-refractivity contribution in [2.24, 2.45) is 0 Å². The SMILES string of the molecule is CCNc1ccc([N+](=O)[O-])c(=O)[nH]1. The number of aromatic nitrogens is 1. The maximum absolute atomic E-state index is 11.0. The summed E-state index contributed by atoms with van der Waals surface area (Å²) in [6.45, 7) is 2.51. The fraction of sp³-hybridized carbons (Fsp3) is 0.286. The third-order valence-corrected chi connectivity index (χ3v) is 1.45. The summed E-state index contributed by atoms with van der Waals surface area (Å²) in [6.07, 6.45) is 0. The van der Waals surface area contributed by atoms with Crippen LogP contribution in [-0.2, 0) is 0 Å². The Morgan fingerprint density at radius 3 is 2.77 bits per heavy atom. The summed E-state index contributed by atoms with van der Waals surface area (Å²) in [6, 6.07) is 2.64. The molecule has 6 nitrogen and oxygen atoms in total. The van der Waals surface area contributed by atoms with Gasteiger partial charge in [0, 0.05) is 12.6 Å². The molecule has 0 aliphatic heterocycles. The monoisotopic (exact) mass is 183 g/mol. The molecular weight excluding hydrogens is 174 g/mol. The zero-order valence-electron chi connectivity index (χ0n) is 7.03. The minimum Gasteiger partial charge on any atom is -0.372 e. The highest BCUT2D eigenvalue weighted by Crippen LogP contribution is 2.05. The number of nitro groups is 1. The van der Waals surface area contributed by atoms with E-state index in [0.717, 1.165) is 0 Å². The first-order chi connectivity index (χ1) is 6.15. The number of hydrogen-bond acceptors (Lipinski definition) is 4. The molecule has 0 atom stereocenters. The quantitative estimate of drug-likeness (QED) is 0.533. The van der Waals surface area contributed by atoms with Crippen LogP contribution in [0.4, 0.5) is 11.5 Å². The Morgan fingerprint density at radius 1 is 1.62 bits per heavy atom. The number of nitrogens with one attached hydrogen (secondary N) is 2. The van der Waals surface area contributed by atoms with E-state index in [9.17, 15) is 14.9 Å². The molecule has 1 aromatic heterocycles. The molecule has 0 aromatic carbocycles. The molecular formula is C7H9N3O3. The third kappa shape index (κ3) is 2.05. The fourth-order valence-electron chi connectivity index (χ4n) is 0.903. The molecule has 1 heterocycles. The predicted octanol–water partition coefficient (Wildman–Crippen LogP) is 0.715. The topological polar surface area (TPSA) is 88.0 Å². The number of H-pyrrole nitrogens is 1. The number of anilines is 1. The van der Waals surface area contributed by atoms with Crippen molar-refractivity contribution in [2.75, 3.05) is 11.9 Å². The fourth-order valence-corrected chi connectivity index (χ4v) is 0.903. The second-order valence-electron chi connectivity index (χ2n) is 2.37. The van der Waals surface area contributed by atoms with Crippen molar-refractivity contribution < 1.29 is 4.92 Å². The van der Waals surface area contributed by atoms with Crippen molar-refractivity contribution in [3.05, 3.63) is 32.6 Å². The number of rotatable bonds is 3. The first-order valence-electron chi connectivity index (χ1n) is 3.76. The summed E-state index contributed by atoms with van der Waals surface area (Å²) in [5.41, 5.74) is -1.13. The average Bonchev–Trinajstić information content (AvgIpc) is 2.04. The molecule has 0 unspecified atom stereocenters. The minimum absolute atomic E-state index is 0.443. The van der Waals surface area contributed by atoms with Crippen LogP contribution in [0.1, 0.15) is 6.92 Å². The van der Waals surface area contributed by atoms with Gasteiger partial charge < -0.3 is 10.3 Å². The summed E-state index contributed by atoms with van der Waals surface area (Å²) < 4.78 is 0. The lowest BCUT2D eigenvalue weighted by Gasteiger charge is -2.00. The van der Waals surface area contributed by atoms with Gasteiger partial charge in [-0.3, -0.25) is 14.9 Å². The summed E-state index contributed by atoms with van der Waals surface area (Å²) in [7, 11) is 0. The van der Waals surface area contributed by atoms with Gasteiger partial charge in [0.1, 0.15) is 5.82 Å². The molecule has 0 aliphatic carbocycles. The molecule has 0 radical (unpaired) electrons. The van der Waals surface area contributed by atoms with Crippen molar-refractivity contribution >= 4 is 11.5 Å². The van der Waals surface area contributed by atoms with E-state index in [4.69, 9.17) is 0 Å². The van der Waals surface area contributed by atoms with Gasteiger partial charge in [-0.25, -0.2) is 0 Å². The van der Waals surface area contributed by atoms with Crippen LogP contribution in [0.5, 0.6) is 0 Å². The van der Waals surface area contributed by atoms with E-state index >= 15 is 0 Å². The van der Waals surface area contributed by atoms with Crippen molar-refractivity contribution in [3.8, 4) is 0 Å². The second kappa shape index (κ2) is 3.70. The van der Waals surface area contributed by atoms with E-state index in [-0.39, 0.29) is 0 Å². The molecule has 0 aliphatic rings. The van der Waals surface area contributed by atoms with E-state index < -0.39 is 16.2 Å². The standard InChI is InChI=1S/C7H9N3O3/c1-2-8-6-4-3-5(10(12)13)7(11)9-6/h3-4H,2H2,1H3,(H2,8,9,11). The second-order valence-corrected chi connectivity index (χ2v) is 2.37. The summed E-state index contributed by atoms with van der Waals surface area (Å²) in [5, 5.41) is 13.1. The largest absolute Gasteiger partial charge is 0.372 e. The summed E-state index contributed by atoms with van der Waals surface area (Å²) in [4.78, 5) is 22.9. The number of hydrogen-bond donors (Lipinski definition) is 2. The van der Waals surface area contributed by atoms with Crippen molar-refractivity contribution in [2.45, 2.75) is 6.92 Å². The molecule has 13 heavy (non-hydrogen) atoms. The molecule has 1 rings (SSSR count). The Labute approximate surface area is 73.7 Å². The average molecular weight is 183 g/mol. The highest BCUT2D eigenvalue weighted by molar-refractivity contribution is 5.39. The Hall–Kier alpha value is -1.85. The Kier molecular flexibility index (Phi) is 2.63. The van der Waals surface area contributed by atoms with Gasteiger partial charge in [0.25, 0.3) is 0 Å². The third-order valence-electron chi connectivity index (χ3n) is 1.45. The van der Waals surface area contributed by atoms with Crippen LogP contribution in [0, 0.1) is 10.1 Å². The van der Waals surface area contributed by atoms with Gasteiger partial charge in [-0.15, -0.1) is 0 Å². The van der Waals surface area contributed by atoms with Gasteiger partial charge in [-0.2, -0.15) is 0 Å². The number of nitrogens with zero attached hydrogens (tertiary/aromatic N) is 1. The molecule has 0 amide bonds. The van der Waals surface area contributed by atoms with Gasteiger partial charge in [0.05, 0.1) is 4.92 Å². The molecule has 2 N–H and O–H groups in total. The highest BCUT2D eigenvalue weighted by atomic mass is 16.6. The van der Waals surface area contributed by atoms with E-state index in [2.05, 4.69) is 10.3 Å². The zero-order valence-corrected chi connectivity index (χ0v) is 7.03. The molecule has 6 heteroatoms. The maximum Gasteiger partial charge on any atom is 0.334 e. The molecule has 70 valence electrons. The summed E-state index contributed by atoms with van der Waals surface area (Å²) >= 11 is 0. The molecule has 0 spiro atoms. The van der Waals surface area contributed by atoms with Crippen LogP contribution < -0.4 is 10.9 Å². The lowest BCUT2D eigenvalue weighted by Crippen LogP contribution is -2.13. The first-order valence-corrected chi connectivity index (χ1v) is 3.76. The molecule has 0 saturated carbocycles. The van der Waals surface area contributed by atoms with Crippen molar-refractivity contribution in [3.63, 3.8) is 0 Å². The predicted molar refractivity (Wildman–Crippen MR) is 47.9 cm³/mol. The van der Waals surface area contributed by atoms with E-state index in [1.54, 1.807) is 0 Å². The van der Waals surface area contributed by atoms with Crippen LogP contribution >= 0.6 is 0 Å². The van der Waals surface area contributed by atoms with Gasteiger partial charge in [0.2, 0.25) is 0 Å². The zero-order chi connectivity index (χ0) is 9.84. The van der Waals surface area contributed by atoms with Crippen LogP contribution in [-0.4, -0.2) is 16.5 Å². The molecule has 0 saturated heterocycles. The Bertz CT molecular complexity index is 371. The highest BCUT2D eigenvalue weighted by Gasteiger charge is 2.10.